The molecule has 0 radical (unpaired) electrons. The van der Waals surface area contributed by atoms with Crippen LogP contribution in [0.3, 0.4) is 0 Å². The first-order valence-electron chi connectivity index (χ1n) is 21.3. The zero-order valence-corrected chi connectivity index (χ0v) is 35.1. The number of ether oxygens (including phenoxy) is 8. The Morgan fingerprint density at radius 3 is 0.900 bits per heavy atom. The van der Waals surface area contributed by atoms with E-state index in [9.17, 15) is 20.4 Å². The third-order valence-corrected chi connectivity index (χ3v) is 12.0. The van der Waals surface area contributed by atoms with Crippen LogP contribution in [0, 0.1) is 23.7 Å². The number of hydrogen-bond acceptors (Lipinski definition) is 12. The van der Waals surface area contributed by atoms with E-state index < -0.39 is 12.2 Å². The molecule has 0 fully saturated rings. The molecule has 0 unspecified atom stereocenters. The van der Waals surface area contributed by atoms with Crippen molar-refractivity contribution in [2.45, 2.75) is 103 Å². The molecule has 0 bridgehead atoms. The summed E-state index contributed by atoms with van der Waals surface area (Å²) in [5.41, 5.74) is 4.51. The molecule has 8 atom stereocenters. The van der Waals surface area contributed by atoms with Crippen molar-refractivity contribution in [2.75, 3.05) is 27.2 Å². The Kier molecular flexibility index (Phi) is 14.5. The molecule has 0 saturated heterocycles. The van der Waals surface area contributed by atoms with Gasteiger partial charge in [-0.15, -0.1) is 0 Å². The quantitative estimate of drug-likeness (QED) is 0.0790. The Morgan fingerprint density at radius 2 is 0.633 bits per heavy atom. The molecule has 0 amide bonds. The van der Waals surface area contributed by atoms with Crippen LogP contribution in [0.15, 0.2) is 72.8 Å². The highest BCUT2D eigenvalue weighted by atomic mass is 16.7. The molecule has 8 rings (SSSR count). The fourth-order valence-corrected chi connectivity index (χ4v) is 8.73. The Balaban J connectivity index is 0.000000181. The van der Waals surface area contributed by atoms with Gasteiger partial charge in [0.2, 0.25) is 27.2 Å². The number of aliphatic hydroxyl groups is 4. The highest BCUT2D eigenvalue weighted by molar-refractivity contribution is 5.47. The van der Waals surface area contributed by atoms with Crippen molar-refractivity contribution in [2.24, 2.45) is 23.7 Å². The van der Waals surface area contributed by atoms with Crippen molar-refractivity contribution in [3.8, 4) is 46.0 Å². The number of benzene rings is 4. The van der Waals surface area contributed by atoms with E-state index in [1.54, 1.807) is 0 Å². The predicted octanol–water partition coefficient (Wildman–Crippen LogP) is 7.41. The summed E-state index contributed by atoms with van der Waals surface area (Å²) in [6, 6.07) is 24.0. The molecule has 12 heteroatoms. The van der Waals surface area contributed by atoms with Gasteiger partial charge in [0.05, 0.1) is 24.4 Å². The Morgan fingerprint density at radius 1 is 0.367 bits per heavy atom. The minimum atomic E-state index is -0.483. The molecule has 4 aromatic carbocycles. The number of aliphatic hydroxyl groups excluding tert-OH is 4. The van der Waals surface area contributed by atoms with Crippen molar-refractivity contribution in [3.05, 3.63) is 95.1 Å². The summed E-state index contributed by atoms with van der Waals surface area (Å²) in [4.78, 5) is 0. The van der Waals surface area contributed by atoms with Crippen LogP contribution in [0.1, 0.15) is 75.6 Å². The standard InChI is InChI=1S/2C24H30O6/c2*1-15(25)3-6-19(9-17-4-7-21-23(11-17)29-13-27-21)20(16(2)26)10-18-5-8-22-24(12-18)30-14-28-22/h2*4-5,7-8,11-12,15-16,19-20,25-26H,3,6,9-10,13-14H2,1-2H3/t15-,16-,19+,20-;15-,16-,19-,20+/m11/s1. The van der Waals surface area contributed by atoms with E-state index in [0.29, 0.717) is 12.8 Å². The molecule has 60 heavy (non-hydrogen) atoms. The lowest BCUT2D eigenvalue weighted by Crippen LogP contribution is -2.30. The SMILES string of the molecule is C[C@@H](O)CC[C@@H](Cc1ccc2c(c1)OCO2)[C@H](Cc1ccc2c(c1)OCO2)[C@@H](C)O.C[C@@H](O)CC[C@H](Cc1ccc2c(c1)OCO2)[C@@H](Cc1ccc2c(c1)OCO2)[C@@H](C)O. The Labute approximate surface area is 352 Å². The predicted molar refractivity (Wildman–Crippen MR) is 224 cm³/mol. The second-order valence-electron chi connectivity index (χ2n) is 16.7. The van der Waals surface area contributed by atoms with E-state index in [2.05, 4.69) is 12.1 Å². The van der Waals surface area contributed by atoms with Crippen LogP contribution in [0.4, 0.5) is 0 Å². The first-order chi connectivity index (χ1) is 29.0. The number of fused-ring (bicyclic) bond motifs is 4. The molecular weight excluding hydrogens is 769 g/mol. The third-order valence-electron chi connectivity index (χ3n) is 12.0. The monoisotopic (exact) mass is 828 g/mol. The Hall–Kier alpha value is -4.88. The number of rotatable bonds is 18. The largest absolute Gasteiger partial charge is 0.454 e. The van der Waals surface area contributed by atoms with Crippen molar-refractivity contribution >= 4 is 0 Å². The van der Waals surface area contributed by atoms with Crippen LogP contribution < -0.4 is 37.9 Å². The van der Waals surface area contributed by atoms with Gasteiger partial charge in [0.25, 0.3) is 0 Å². The summed E-state index contributed by atoms with van der Waals surface area (Å²) in [5, 5.41) is 41.1. The molecule has 4 aliphatic heterocycles. The third kappa shape index (κ3) is 11.3. The maximum atomic E-state index is 10.7. The zero-order chi connectivity index (χ0) is 42.2. The average molecular weight is 829 g/mol. The van der Waals surface area contributed by atoms with Gasteiger partial charge in [0, 0.05) is 0 Å². The van der Waals surface area contributed by atoms with Gasteiger partial charge in [0.1, 0.15) is 0 Å². The summed E-state index contributed by atoms with van der Waals surface area (Å²) in [6.07, 6.45) is 4.37. The highest BCUT2D eigenvalue weighted by Crippen LogP contribution is 2.40. The Bertz CT molecular complexity index is 1870. The van der Waals surface area contributed by atoms with Crippen molar-refractivity contribution in [1.29, 1.82) is 0 Å². The van der Waals surface area contributed by atoms with Gasteiger partial charge < -0.3 is 58.3 Å². The first kappa shape index (κ1) is 43.2. The van der Waals surface area contributed by atoms with Crippen molar-refractivity contribution in [1.82, 2.24) is 0 Å². The van der Waals surface area contributed by atoms with Crippen molar-refractivity contribution < 1.29 is 58.3 Å². The van der Waals surface area contributed by atoms with Gasteiger partial charge in [-0.05, 0) is 174 Å². The molecule has 0 saturated carbocycles. The van der Waals surface area contributed by atoms with E-state index in [1.165, 1.54) is 0 Å². The highest BCUT2D eigenvalue weighted by Gasteiger charge is 2.30. The van der Waals surface area contributed by atoms with Gasteiger partial charge in [-0.1, -0.05) is 24.3 Å². The topological polar surface area (TPSA) is 155 Å². The van der Waals surface area contributed by atoms with E-state index in [-0.39, 0.29) is 63.1 Å². The summed E-state index contributed by atoms with van der Waals surface area (Å²) >= 11 is 0. The van der Waals surface area contributed by atoms with Crippen LogP contribution in [0.25, 0.3) is 0 Å². The normalized spacial score (nSPS) is 18.1. The molecular formula is C48H60O12. The molecule has 4 heterocycles. The maximum Gasteiger partial charge on any atom is 0.231 e. The van der Waals surface area contributed by atoms with Gasteiger partial charge in [-0.3, -0.25) is 0 Å². The van der Waals surface area contributed by atoms with Crippen LogP contribution in [0.5, 0.6) is 46.0 Å². The minimum Gasteiger partial charge on any atom is -0.454 e. The fourth-order valence-electron chi connectivity index (χ4n) is 8.73. The molecule has 4 aliphatic rings. The lowest BCUT2D eigenvalue weighted by atomic mass is 9.77. The van der Waals surface area contributed by atoms with Gasteiger partial charge in [0.15, 0.2) is 46.0 Å². The molecule has 0 aliphatic carbocycles. The first-order valence-corrected chi connectivity index (χ1v) is 21.3. The molecule has 0 spiro atoms. The van der Waals surface area contributed by atoms with E-state index >= 15 is 0 Å². The summed E-state index contributed by atoms with van der Waals surface area (Å²) < 4.78 is 43.8. The fraction of sp³-hybridized carbons (Fsp3) is 0.500. The molecule has 4 N–H and O–H groups in total. The molecule has 324 valence electrons. The maximum absolute atomic E-state index is 10.7. The van der Waals surface area contributed by atoms with Crippen LogP contribution in [-0.2, 0) is 25.7 Å². The van der Waals surface area contributed by atoms with E-state index in [1.807, 2.05) is 88.4 Å². The second kappa shape index (κ2) is 20.1. The summed E-state index contributed by atoms with van der Waals surface area (Å²) in [7, 11) is 0. The average Bonchev–Trinajstić information content (AvgIpc) is 4.06. The van der Waals surface area contributed by atoms with Crippen LogP contribution in [0.2, 0.25) is 0 Å². The lowest BCUT2D eigenvalue weighted by Gasteiger charge is -2.30. The van der Waals surface area contributed by atoms with Crippen LogP contribution >= 0.6 is 0 Å². The van der Waals surface area contributed by atoms with Crippen molar-refractivity contribution in [3.63, 3.8) is 0 Å². The number of hydrogen-bond donors (Lipinski definition) is 4. The lowest BCUT2D eigenvalue weighted by molar-refractivity contribution is 0.0750. The molecule has 12 nitrogen and oxygen atoms in total. The zero-order valence-electron chi connectivity index (χ0n) is 35.1. The van der Waals surface area contributed by atoms with E-state index in [0.717, 1.165) is 107 Å². The van der Waals surface area contributed by atoms with E-state index in [4.69, 9.17) is 37.9 Å². The summed E-state index contributed by atoms with van der Waals surface area (Å²) in [5.74, 6) is 6.59. The van der Waals surface area contributed by atoms with Crippen LogP contribution in [-0.4, -0.2) is 72.0 Å². The minimum absolute atomic E-state index is 0.0366. The molecule has 4 aromatic rings. The van der Waals surface area contributed by atoms with Gasteiger partial charge in [-0.2, -0.15) is 0 Å². The summed E-state index contributed by atoms with van der Waals surface area (Å²) in [6.45, 7) is 8.34. The smallest absolute Gasteiger partial charge is 0.231 e. The van der Waals surface area contributed by atoms with Gasteiger partial charge >= 0.3 is 0 Å². The molecule has 0 aromatic heterocycles. The van der Waals surface area contributed by atoms with Gasteiger partial charge in [-0.25, -0.2) is 0 Å². The second-order valence-corrected chi connectivity index (χ2v) is 16.7.